The van der Waals surface area contributed by atoms with E-state index in [4.69, 9.17) is 5.11 Å². The van der Waals surface area contributed by atoms with Crippen molar-refractivity contribution in [1.82, 2.24) is 4.72 Å². The van der Waals surface area contributed by atoms with E-state index in [9.17, 15) is 8.42 Å². The number of aryl methyl sites for hydroxylation is 1. The van der Waals surface area contributed by atoms with E-state index < -0.39 is 10.0 Å². The van der Waals surface area contributed by atoms with Gasteiger partial charge >= 0.3 is 0 Å². The quantitative estimate of drug-likeness (QED) is 0.866. The van der Waals surface area contributed by atoms with E-state index in [1.165, 1.54) is 0 Å². The minimum atomic E-state index is -3.49. The fraction of sp³-hybridized carbons (Fsp3) is 0.455. The van der Waals surface area contributed by atoms with E-state index in [0.29, 0.717) is 0 Å². The molecule has 0 aliphatic rings. The minimum absolute atomic E-state index is 0.0398. The Bertz CT molecular complexity index is 487. The summed E-state index contributed by atoms with van der Waals surface area (Å²) in [6, 6.07) is 4.86. The number of aliphatic hydroxyl groups excluding tert-OH is 1. The molecule has 0 amide bonds. The summed E-state index contributed by atoms with van der Waals surface area (Å²) in [4.78, 5) is 0.239. The average molecular weight is 322 g/mol. The molecule has 96 valence electrons. The van der Waals surface area contributed by atoms with Gasteiger partial charge in [0.2, 0.25) is 10.0 Å². The van der Waals surface area contributed by atoms with Crippen LogP contribution in [0.2, 0.25) is 0 Å². The number of hydrogen-bond donors (Lipinski definition) is 2. The third-order valence-corrected chi connectivity index (χ3v) is 4.68. The van der Waals surface area contributed by atoms with Crippen LogP contribution in [0.15, 0.2) is 27.6 Å². The van der Waals surface area contributed by atoms with Crippen LogP contribution in [0, 0.1) is 12.8 Å². The molecule has 0 bridgehead atoms. The summed E-state index contributed by atoms with van der Waals surface area (Å²) >= 11 is 3.32. The molecule has 1 rings (SSSR count). The first-order chi connectivity index (χ1) is 7.86. The topological polar surface area (TPSA) is 66.4 Å². The van der Waals surface area contributed by atoms with Gasteiger partial charge in [0.25, 0.3) is 0 Å². The van der Waals surface area contributed by atoms with Crippen molar-refractivity contribution in [2.24, 2.45) is 5.92 Å². The summed E-state index contributed by atoms with van der Waals surface area (Å²) in [5.74, 6) is -0.0960. The molecule has 0 aromatic heterocycles. The lowest BCUT2D eigenvalue weighted by molar-refractivity contribution is 0.238. The Hall–Kier alpha value is -0.430. The first-order valence-corrected chi connectivity index (χ1v) is 7.51. The Morgan fingerprint density at radius 2 is 2.12 bits per heavy atom. The number of aliphatic hydroxyl groups is 1. The Kier molecular flexibility index (Phi) is 5.12. The second-order valence-corrected chi connectivity index (χ2v) is 6.67. The van der Waals surface area contributed by atoms with Gasteiger partial charge in [-0.2, -0.15) is 0 Å². The van der Waals surface area contributed by atoms with Crippen LogP contribution in [0.25, 0.3) is 0 Å². The van der Waals surface area contributed by atoms with Crippen molar-refractivity contribution >= 4 is 26.0 Å². The average Bonchev–Trinajstić information content (AvgIpc) is 2.29. The monoisotopic (exact) mass is 321 g/mol. The maximum atomic E-state index is 11.9. The van der Waals surface area contributed by atoms with Crippen molar-refractivity contribution in [1.29, 1.82) is 0 Å². The van der Waals surface area contributed by atoms with Gasteiger partial charge in [0, 0.05) is 17.6 Å². The van der Waals surface area contributed by atoms with Crippen molar-refractivity contribution in [3.8, 4) is 0 Å². The van der Waals surface area contributed by atoms with E-state index in [1.54, 1.807) is 25.1 Å². The van der Waals surface area contributed by atoms with Gasteiger partial charge in [-0.15, -0.1) is 0 Å². The number of benzene rings is 1. The fourth-order valence-corrected chi connectivity index (χ4v) is 2.68. The van der Waals surface area contributed by atoms with Gasteiger partial charge in [0.15, 0.2) is 0 Å². The van der Waals surface area contributed by atoms with Crippen LogP contribution in [-0.4, -0.2) is 26.7 Å². The Morgan fingerprint density at radius 3 is 2.65 bits per heavy atom. The molecule has 0 aliphatic heterocycles. The van der Waals surface area contributed by atoms with Crippen LogP contribution in [-0.2, 0) is 10.0 Å². The third kappa shape index (κ3) is 4.06. The van der Waals surface area contributed by atoms with Gasteiger partial charge in [0.05, 0.1) is 4.90 Å². The first kappa shape index (κ1) is 14.6. The Balaban J connectivity index is 2.86. The van der Waals surface area contributed by atoms with E-state index >= 15 is 0 Å². The van der Waals surface area contributed by atoms with Gasteiger partial charge < -0.3 is 5.11 Å². The molecule has 4 nitrogen and oxygen atoms in total. The summed E-state index contributed by atoms with van der Waals surface area (Å²) in [7, 11) is -3.49. The number of halogens is 1. The molecule has 0 fully saturated rings. The van der Waals surface area contributed by atoms with Crippen molar-refractivity contribution in [2.45, 2.75) is 18.7 Å². The molecule has 17 heavy (non-hydrogen) atoms. The van der Waals surface area contributed by atoms with Gasteiger partial charge in [-0.1, -0.05) is 22.9 Å². The van der Waals surface area contributed by atoms with Crippen LogP contribution >= 0.6 is 15.9 Å². The van der Waals surface area contributed by atoms with Crippen molar-refractivity contribution < 1.29 is 13.5 Å². The molecule has 1 unspecified atom stereocenters. The molecule has 1 atom stereocenters. The highest BCUT2D eigenvalue weighted by Gasteiger charge is 2.15. The largest absolute Gasteiger partial charge is 0.396 e. The van der Waals surface area contributed by atoms with E-state index in [-0.39, 0.29) is 24.0 Å². The van der Waals surface area contributed by atoms with Crippen molar-refractivity contribution in [2.75, 3.05) is 13.2 Å². The summed E-state index contributed by atoms with van der Waals surface area (Å²) < 4.78 is 27.2. The highest BCUT2D eigenvalue weighted by Crippen LogP contribution is 2.19. The lowest BCUT2D eigenvalue weighted by atomic mass is 10.2. The number of sulfonamides is 1. The number of hydrogen-bond acceptors (Lipinski definition) is 3. The lowest BCUT2D eigenvalue weighted by Crippen LogP contribution is -2.29. The van der Waals surface area contributed by atoms with Crippen molar-refractivity contribution in [3.63, 3.8) is 0 Å². The molecule has 2 N–H and O–H groups in total. The second-order valence-electron chi connectivity index (χ2n) is 4.05. The SMILES string of the molecule is Cc1cc(S(=O)(=O)NCC(C)CO)ccc1Br. The van der Waals surface area contributed by atoms with E-state index in [1.807, 2.05) is 6.92 Å². The molecule has 0 saturated heterocycles. The zero-order valence-electron chi connectivity index (χ0n) is 9.77. The Morgan fingerprint density at radius 1 is 1.47 bits per heavy atom. The highest BCUT2D eigenvalue weighted by atomic mass is 79.9. The predicted octanol–water partition coefficient (Wildman–Crippen LogP) is 1.66. The van der Waals surface area contributed by atoms with E-state index in [0.717, 1.165) is 10.0 Å². The number of nitrogens with one attached hydrogen (secondary N) is 1. The maximum absolute atomic E-state index is 11.9. The van der Waals surface area contributed by atoms with Crippen LogP contribution in [0.5, 0.6) is 0 Å². The third-order valence-electron chi connectivity index (χ3n) is 2.37. The highest BCUT2D eigenvalue weighted by molar-refractivity contribution is 9.10. The lowest BCUT2D eigenvalue weighted by Gasteiger charge is -2.11. The van der Waals surface area contributed by atoms with Crippen LogP contribution in [0.1, 0.15) is 12.5 Å². The molecular formula is C11H16BrNO3S. The smallest absolute Gasteiger partial charge is 0.240 e. The normalized spacial score (nSPS) is 13.6. The van der Waals surface area contributed by atoms with Crippen LogP contribution in [0.3, 0.4) is 0 Å². The molecule has 0 aliphatic carbocycles. The molecule has 0 spiro atoms. The number of rotatable bonds is 5. The molecule has 1 aromatic rings. The first-order valence-electron chi connectivity index (χ1n) is 5.23. The van der Waals surface area contributed by atoms with Gasteiger partial charge in [-0.05, 0) is 36.6 Å². The molecule has 1 aromatic carbocycles. The van der Waals surface area contributed by atoms with Gasteiger partial charge in [-0.3, -0.25) is 0 Å². The fourth-order valence-electron chi connectivity index (χ4n) is 1.18. The predicted molar refractivity (Wildman–Crippen MR) is 70.3 cm³/mol. The minimum Gasteiger partial charge on any atom is -0.396 e. The zero-order valence-corrected chi connectivity index (χ0v) is 12.2. The van der Waals surface area contributed by atoms with Gasteiger partial charge in [-0.25, -0.2) is 13.1 Å². The maximum Gasteiger partial charge on any atom is 0.240 e. The molecule has 0 heterocycles. The molecular weight excluding hydrogens is 306 g/mol. The van der Waals surface area contributed by atoms with Crippen LogP contribution < -0.4 is 4.72 Å². The summed E-state index contributed by atoms with van der Waals surface area (Å²) in [6.45, 7) is 3.80. The standard InChI is InChI=1S/C11H16BrNO3S/c1-8(7-14)6-13-17(15,16)10-3-4-11(12)9(2)5-10/h3-5,8,13-14H,6-7H2,1-2H3. The second kappa shape index (κ2) is 5.95. The molecule has 0 saturated carbocycles. The summed E-state index contributed by atoms with van der Waals surface area (Å²) in [5.41, 5.74) is 0.864. The zero-order chi connectivity index (χ0) is 13.1. The van der Waals surface area contributed by atoms with Crippen LogP contribution in [0.4, 0.5) is 0 Å². The van der Waals surface area contributed by atoms with E-state index in [2.05, 4.69) is 20.7 Å². The summed E-state index contributed by atoms with van der Waals surface area (Å²) in [6.07, 6.45) is 0. The van der Waals surface area contributed by atoms with Crippen molar-refractivity contribution in [3.05, 3.63) is 28.2 Å². The van der Waals surface area contributed by atoms with Gasteiger partial charge in [0.1, 0.15) is 0 Å². The molecule has 6 heteroatoms. The Labute approximate surface area is 110 Å². The summed E-state index contributed by atoms with van der Waals surface area (Å²) in [5, 5.41) is 8.84. The molecule has 0 radical (unpaired) electrons.